The van der Waals surface area contributed by atoms with Crippen LogP contribution in [0.2, 0.25) is 0 Å². The van der Waals surface area contributed by atoms with Crippen LogP contribution in [0.4, 0.5) is 5.69 Å². The number of thioether (sulfide) groups is 2. The van der Waals surface area contributed by atoms with Crippen molar-refractivity contribution in [2.24, 2.45) is 4.99 Å². The quantitative estimate of drug-likeness (QED) is 0.625. The summed E-state index contributed by atoms with van der Waals surface area (Å²) >= 11 is 3.42. The monoisotopic (exact) mass is 353 g/mol. The fourth-order valence-electron chi connectivity index (χ4n) is 2.38. The normalized spacial score (nSPS) is 14.8. The van der Waals surface area contributed by atoms with Crippen LogP contribution in [-0.4, -0.2) is 14.5 Å². The summed E-state index contributed by atoms with van der Waals surface area (Å²) in [5.74, 6) is 2.20. The standard InChI is InChI=1S/C18H15N3OS2/c1-12(17-20-16(21-22-17)13-7-3-2-4-8-13)24-18-19-15-10-6-5-9-14(15)11-23-18/h2-10,12H,11H2,1H3. The van der Waals surface area contributed by atoms with E-state index in [1.165, 1.54) is 5.56 Å². The van der Waals surface area contributed by atoms with Crippen LogP contribution in [0, 0.1) is 0 Å². The number of benzene rings is 2. The van der Waals surface area contributed by atoms with E-state index in [0.717, 1.165) is 21.4 Å². The highest BCUT2D eigenvalue weighted by Gasteiger charge is 2.20. The zero-order valence-electron chi connectivity index (χ0n) is 13.0. The SMILES string of the molecule is CC(SC1=Nc2ccccc2CS1)c1nc(-c2ccccc2)no1. The Hall–Kier alpha value is -2.05. The van der Waals surface area contributed by atoms with Crippen molar-refractivity contribution in [1.29, 1.82) is 0 Å². The van der Waals surface area contributed by atoms with Crippen molar-refractivity contribution >= 4 is 33.6 Å². The summed E-state index contributed by atoms with van der Waals surface area (Å²) in [7, 11) is 0. The summed E-state index contributed by atoms with van der Waals surface area (Å²) in [5, 5.41) is 4.15. The molecule has 0 spiro atoms. The molecule has 0 N–H and O–H groups in total. The number of hydrogen-bond donors (Lipinski definition) is 0. The molecule has 1 unspecified atom stereocenters. The Kier molecular flexibility index (Phi) is 4.40. The first-order valence-electron chi connectivity index (χ1n) is 7.64. The Labute approximate surface area is 148 Å². The Morgan fingerprint density at radius 2 is 1.88 bits per heavy atom. The fourth-order valence-corrected chi connectivity index (χ4v) is 4.60. The molecule has 24 heavy (non-hydrogen) atoms. The minimum Gasteiger partial charge on any atom is -0.338 e. The van der Waals surface area contributed by atoms with Crippen molar-refractivity contribution < 1.29 is 4.52 Å². The largest absolute Gasteiger partial charge is 0.338 e. The average Bonchev–Trinajstić information content (AvgIpc) is 3.13. The molecule has 120 valence electrons. The molecule has 6 heteroatoms. The van der Waals surface area contributed by atoms with Gasteiger partial charge in [-0.2, -0.15) is 4.98 Å². The fraction of sp³-hybridized carbons (Fsp3) is 0.167. The van der Waals surface area contributed by atoms with Crippen LogP contribution < -0.4 is 0 Å². The van der Waals surface area contributed by atoms with Gasteiger partial charge in [-0.05, 0) is 18.6 Å². The van der Waals surface area contributed by atoms with Crippen molar-refractivity contribution in [2.75, 3.05) is 0 Å². The molecule has 0 radical (unpaired) electrons. The minimum atomic E-state index is 0.0616. The third-order valence-electron chi connectivity index (χ3n) is 3.65. The van der Waals surface area contributed by atoms with Gasteiger partial charge in [0.15, 0.2) is 0 Å². The van der Waals surface area contributed by atoms with Gasteiger partial charge in [-0.25, -0.2) is 4.99 Å². The first kappa shape index (κ1) is 15.5. The molecular weight excluding hydrogens is 338 g/mol. The third kappa shape index (κ3) is 3.25. The molecule has 2 aromatic carbocycles. The first-order chi connectivity index (χ1) is 11.8. The maximum Gasteiger partial charge on any atom is 0.240 e. The van der Waals surface area contributed by atoms with Crippen molar-refractivity contribution in [3.8, 4) is 11.4 Å². The maximum atomic E-state index is 5.45. The zero-order valence-corrected chi connectivity index (χ0v) is 14.7. The lowest BCUT2D eigenvalue weighted by Gasteiger charge is -2.15. The van der Waals surface area contributed by atoms with Crippen molar-refractivity contribution in [2.45, 2.75) is 17.9 Å². The highest BCUT2D eigenvalue weighted by molar-refractivity contribution is 8.38. The first-order valence-corrected chi connectivity index (χ1v) is 9.51. The van der Waals surface area contributed by atoms with E-state index >= 15 is 0 Å². The molecule has 3 aromatic rings. The zero-order chi connectivity index (χ0) is 16.4. The molecule has 1 aromatic heterocycles. The lowest BCUT2D eigenvalue weighted by atomic mass is 10.2. The van der Waals surface area contributed by atoms with Gasteiger partial charge in [-0.3, -0.25) is 0 Å². The highest BCUT2D eigenvalue weighted by Crippen LogP contribution is 2.39. The molecule has 0 saturated carbocycles. The van der Waals surface area contributed by atoms with Crippen LogP contribution in [0.1, 0.15) is 23.6 Å². The summed E-state index contributed by atoms with van der Waals surface area (Å²) in [5.41, 5.74) is 3.30. The van der Waals surface area contributed by atoms with Gasteiger partial charge in [0.25, 0.3) is 0 Å². The summed E-state index contributed by atoms with van der Waals surface area (Å²) < 4.78 is 6.49. The number of rotatable bonds is 3. The average molecular weight is 353 g/mol. The van der Waals surface area contributed by atoms with Crippen molar-refractivity contribution in [3.63, 3.8) is 0 Å². The summed E-state index contributed by atoms with van der Waals surface area (Å²) in [6, 6.07) is 18.1. The molecule has 2 heterocycles. The smallest absolute Gasteiger partial charge is 0.240 e. The number of para-hydroxylation sites is 1. The Bertz CT molecular complexity index is 877. The van der Waals surface area contributed by atoms with Crippen LogP contribution in [0.15, 0.2) is 64.1 Å². The van der Waals surface area contributed by atoms with Gasteiger partial charge in [0.2, 0.25) is 11.7 Å². The minimum absolute atomic E-state index is 0.0616. The third-order valence-corrected chi connectivity index (χ3v) is 5.94. The second-order valence-corrected chi connectivity index (χ2v) is 7.93. The van der Waals surface area contributed by atoms with E-state index in [9.17, 15) is 0 Å². The predicted molar refractivity (Wildman–Crippen MR) is 101 cm³/mol. The summed E-state index contributed by atoms with van der Waals surface area (Å²) in [6.07, 6.45) is 0. The molecule has 1 aliphatic heterocycles. The van der Waals surface area contributed by atoms with Crippen LogP contribution in [0.25, 0.3) is 11.4 Å². The van der Waals surface area contributed by atoms with E-state index in [1.54, 1.807) is 23.5 Å². The lowest BCUT2D eigenvalue weighted by Crippen LogP contribution is -1.99. The number of aromatic nitrogens is 2. The maximum absolute atomic E-state index is 5.45. The van der Waals surface area contributed by atoms with Crippen molar-refractivity contribution in [1.82, 2.24) is 10.1 Å². The summed E-state index contributed by atoms with van der Waals surface area (Å²) in [4.78, 5) is 9.26. The summed E-state index contributed by atoms with van der Waals surface area (Å²) in [6.45, 7) is 2.07. The van der Waals surface area contributed by atoms with Gasteiger partial charge in [-0.15, -0.1) is 0 Å². The van der Waals surface area contributed by atoms with Crippen LogP contribution >= 0.6 is 23.5 Å². The van der Waals surface area contributed by atoms with Gasteiger partial charge in [-0.1, -0.05) is 77.2 Å². The molecule has 4 rings (SSSR count). The Morgan fingerprint density at radius 1 is 1.08 bits per heavy atom. The van der Waals surface area contributed by atoms with Gasteiger partial charge in [0, 0.05) is 11.3 Å². The number of fused-ring (bicyclic) bond motifs is 1. The molecule has 0 aliphatic carbocycles. The van der Waals surface area contributed by atoms with E-state index in [2.05, 4.69) is 35.3 Å². The van der Waals surface area contributed by atoms with Crippen molar-refractivity contribution in [3.05, 3.63) is 66.1 Å². The molecule has 0 amide bonds. The van der Waals surface area contributed by atoms with E-state index in [0.29, 0.717) is 11.7 Å². The van der Waals surface area contributed by atoms with Gasteiger partial charge in [0.1, 0.15) is 4.38 Å². The lowest BCUT2D eigenvalue weighted by molar-refractivity contribution is 0.381. The topological polar surface area (TPSA) is 51.3 Å². The van der Waals surface area contributed by atoms with E-state index in [-0.39, 0.29) is 5.25 Å². The molecule has 0 fully saturated rings. The number of aliphatic imine (C=N–C) groups is 1. The van der Waals surface area contributed by atoms with Crippen LogP contribution in [0.3, 0.4) is 0 Å². The Balaban J connectivity index is 1.50. The van der Waals surface area contributed by atoms with Crippen LogP contribution in [0.5, 0.6) is 0 Å². The second kappa shape index (κ2) is 6.83. The molecule has 4 nitrogen and oxygen atoms in total. The molecule has 0 saturated heterocycles. The molecule has 1 atom stereocenters. The van der Waals surface area contributed by atoms with E-state index in [4.69, 9.17) is 9.52 Å². The second-order valence-electron chi connectivity index (χ2n) is 5.38. The van der Waals surface area contributed by atoms with Crippen LogP contribution in [-0.2, 0) is 5.75 Å². The molecule has 0 bridgehead atoms. The number of hydrogen-bond acceptors (Lipinski definition) is 6. The molecule has 1 aliphatic rings. The van der Waals surface area contributed by atoms with Gasteiger partial charge in [0.05, 0.1) is 10.9 Å². The van der Waals surface area contributed by atoms with E-state index < -0.39 is 0 Å². The van der Waals surface area contributed by atoms with E-state index in [1.807, 2.05) is 36.4 Å². The highest BCUT2D eigenvalue weighted by atomic mass is 32.2. The predicted octanol–water partition coefficient (Wildman–Crippen LogP) is 5.47. The molecular formula is C18H15N3OS2. The van der Waals surface area contributed by atoms with Gasteiger partial charge < -0.3 is 4.52 Å². The van der Waals surface area contributed by atoms with Gasteiger partial charge >= 0.3 is 0 Å². The Morgan fingerprint density at radius 3 is 2.75 bits per heavy atom. The number of nitrogens with zero attached hydrogens (tertiary/aromatic N) is 3.